The van der Waals surface area contributed by atoms with Gasteiger partial charge in [0.15, 0.2) is 0 Å². The van der Waals surface area contributed by atoms with Crippen molar-refractivity contribution < 1.29 is 5.11 Å². The van der Waals surface area contributed by atoms with Crippen LogP contribution in [0.15, 0.2) is 12.4 Å². The van der Waals surface area contributed by atoms with Crippen LogP contribution in [0.1, 0.15) is 52.0 Å². The Morgan fingerprint density at radius 2 is 2.28 bits per heavy atom. The molecule has 3 heteroatoms. The highest BCUT2D eigenvalue weighted by Gasteiger charge is 2.40. The van der Waals surface area contributed by atoms with Crippen molar-refractivity contribution in [2.24, 2.45) is 11.8 Å². The molecule has 1 aliphatic rings. The van der Waals surface area contributed by atoms with Crippen LogP contribution in [0.4, 0.5) is 0 Å². The van der Waals surface area contributed by atoms with Gasteiger partial charge in [0.1, 0.15) is 0 Å². The Morgan fingerprint density at radius 3 is 2.89 bits per heavy atom. The van der Waals surface area contributed by atoms with Crippen LogP contribution in [-0.2, 0) is 13.0 Å². The summed E-state index contributed by atoms with van der Waals surface area (Å²) in [6.07, 6.45) is 9.26. The van der Waals surface area contributed by atoms with Crippen LogP contribution in [0, 0.1) is 11.8 Å². The van der Waals surface area contributed by atoms with E-state index in [4.69, 9.17) is 0 Å². The Kier molecular flexibility index (Phi) is 4.10. The lowest BCUT2D eigenvalue weighted by Crippen LogP contribution is -2.45. The van der Waals surface area contributed by atoms with Crippen LogP contribution in [-0.4, -0.2) is 20.5 Å². The van der Waals surface area contributed by atoms with Crippen LogP contribution in [0.25, 0.3) is 0 Å². The molecule has 18 heavy (non-hydrogen) atoms. The zero-order valence-electron chi connectivity index (χ0n) is 11.9. The smallest absolute Gasteiger partial charge is 0.0719 e. The largest absolute Gasteiger partial charge is 0.389 e. The number of hydrogen-bond donors (Lipinski definition) is 1. The molecule has 3 nitrogen and oxygen atoms in total. The van der Waals surface area contributed by atoms with Gasteiger partial charge >= 0.3 is 0 Å². The van der Waals surface area contributed by atoms with Gasteiger partial charge in [-0.2, -0.15) is 5.10 Å². The summed E-state index contributed by atoms with van der Waals surface area (Å²) < 4.78 is 1.94. The number of aryl methyl sites for hydroxylation is 1. The number of rotatable bonds is 4. The first-order valence-corrected chi connectivity index (χ1v) is 7.29. The maximum Gasteiger partial charge on any atom is 0.0719 e. The summed E-state index contributed by atoms with van der Waals surface area (Å²) in [7, 11) is 0. The molecule has 2 unspecified atom stereocenters. The van der Waals surface area contributed by atoms with E-state index in [0.717, 1.165) is 32.2 Å². The van der Waals surface area contributed by atoms with Crippen molar-refractivity contribution in [3.8, 4) is 0 Å². The van der Waals surface area contributed by atoms with Gasteiger partial charge in [-0.1, -0.05) is 26.7 Å². The molecular weight excluding hydrogens is 224 g/mol. The lowest BCUT2D eigenvalue weighted by atomic mass is 9.68. The van der Waals surface area contributed by atoms with Gasteiger partial charge in [0.05, 0.1) is 11.8 Å². The summed E-state index contributed by atoms with van der Waals surface area (Å²) in [4.78, 5) is 0. The molecule has 0 bridgehead atoms. The van der Waals surface area contributed by atoms with Gasteiger partial charge in [-0.3, -0.25) is 4.68 Å². The Balaban J connectivity index is 2.12. The standard InChI is InChI=1S/C15H26N2O/c1-4-17-11-13(10-16-17)9-15(18)8-6-5-7-14(15)12(2)3/h10-12,14,18H,4-9H2,1-3H3. The molecule has 0 aliphatic heterocycles. The highest BCUT2D eigenvalue weighted by Crippen LogP contribution is 2.40. The molecule has 1 N–H and O–H groups in total. The van der Waals surface area contributed by atoms with Crippen molar-refractivity contribution in [2.75, 3.05) is 0 Å². The summed E-state index contributed by atoms with van der Waals surface area (Å²) in [6.45, 7) is 7.45. The van der Waals surface area contributed by atoms with Crippen LogP contribution in [0.2, 0.25) is 0 Å². The number of aliphatic hydroxyl groups is 1. The molecular formula is C15H26N2O. The molecule has 0 aromatic carbocycles. The molecule has 0 amide bonds. The predicted octanol–water partition coefficient (Wildman–Crippen LogP) is 3.02. The van der Waals surface area contributed by atoms with Gasteiger partial charge in [0, 0.05) is 19.2 Å². The third-order valence-electron chi connectivity index (χ3n) is 4.39. The molecule has 2 rings (SSSR count). The minimum atomic E-state index is -0.520. The van der Waals surface area contributed by atoms with Crippen molar-refractivity contribution in [3.63, 3.8) is 0 Å². The van der Waals surface area contributed by atoms with Gasteiger partial charge in [0.2, 0.25) is 0 Å². The van der Waals surface area contributed by atoms with E-state index in [9.17, 15) is 5.11 Å². The van der Waals surface area contributed by atoms with Crippen molar-refractivity contribution >= 4 is 0 Å². The van der Waals surface area contributed by atoms with Crippen LogP contribution >= 0.6 is 0 Å². The minimum Gasteiger partial charge on any atom is -0.389 e. The molecule has 0 spiro atoms. The fourth-order valence-corrected chi connectivity index (χ4v) is 3.45. The zero-order valence-corrected chi connectivity index (χ0v) is 11.9. The monoisotopic (exact) mass is 250 g/mol. The highest BCUT2D eigenvalue weighted by molar-refractivity contribution is 5.10. The average Bonchev–Trinajstić information content (AvgIpc) is 2.76. The fraction of sp³-hybridized carbons (Fsp3) is 0.800. The molecule has 102 valence electrons. The maximum absolute atomic E-state index is 11.0. The molecule has 1 aromatic rings. The number of hydrogen-bond acceptors (Lipinski definition) is 2. The van der Waals surface area contributed by atoms with Crippen LogP contribution < -0.4 is 0 Å². The molecule has 1 fully saturated rings. The SMILES string of the molecule is CCn1cc(CC2(O)CCCCC2C(C)C)cn1. The van der Waals surface area contributed by atoms with E-state index in [-0.39, 0.29) is 0 Å². The number of aromatic nitrogens is 2. The van der Waals surface area contributed by atoms with Crippen LogP contribution in [0.5, 0.6) is 0 Å². The normalized spacial score (nSPS) is 28.8. The Morgan fingerprint density at radius 1 is 1.50 bits per heavy atom. The second-order valence-corrected chi connectivity index (χ2v) is 6.08. The van der Waals surface area contributed by atoms with E-state index in [2.05, 4.69) is 32.1 Å². The summed E-state index contributed by atoms with van der Waals surface area (Å²) in [5.74, 6) is 0.979. The molecule has 1 heterocycles. The molecule has 1 saturated carbocycles. The van der Waals surface area contributed by atoms with E-state index in [0.29, 0.717) is 11.8 Å². The Bertz CT molecular complexity index is 386. The lowest BCUT2D eigenvalue weighted by Gasteiger charge is -2.42. The van der Waals surface area contributed by atoms with Gasteiger partial charge in [-0.15, -0.1) is 0 Å². The second kappa shape index (κ2) is 5.43. The first-order chi connectivity index (χ1) is 8.55. The van der Waals surface area contributed by atoms with E-state index >= 15 is 0 Å². The van der Waals surface area contributed by atoms with Crippen LogP contribution in [0.3, 0.4) is 0 Å². The summed E-state index contributed by atoms with van der Waals surface area (Å²) in [5, 5.41) is 15.3. The molecule has 0 radical (unpaired) electrons. The first-order valence-electron chi connectivity index (χ1n) is 7.29. The molecule has 2 atom stereocenters. The maximum atomic E-state index is 11.0. The second-order valence-electron chi connectivity index (χ2n) is 6.08. The zero-order chi connectivity index (χ0) is 13.2. The number of nitrogens with zero attached hydrogens (tertiary/aromatic N) is 2. The van der Waals surface area contributed by atoms with Gasteiger partial charge in [-0.25, -0.2) is 0 Å². The fourth-order valence-electron chi connectivity index (χ4n) is 3.45. The first kappa shape index (κ1) is 13.6. The lowest BCUT2D eigenvalue weighted by molar-refractivity contribution is -0.0652. The van der Waals surface area contributed by atoms with Gasteiger partial charge in [-0.05, 0) is 37.2 Å². The van der Waals surface area contributed by atoms with E-state index in [1.807, 2.05) is 10.9 Å². The van der Waals surface area contributed by atoms with E-state index < -0.39 is 5.60 Å². The quantitative estimate of drug-likeness (QED) is 0.892. The van der Waals surface area contributed by atoms with E-state index in [1.54, 1.807) is 0 Å². The molecule has 0 saturated heterocycles. The predicted molar refractivity (Wildman–Crippen MR) is 73.4 cm³/mol. The third kappa shape index (κ3) is 2.77. The van der Waals surface area contributed by atoms with Crippen molar-refractivity contribution in [1.29, 1.82) is 0 Å². The van der Waals surface area contributed by atoms with Crippen molar-refractivity contribution in [1.82, 2.24) is 9.78 Å². The minimum absolute atomic E-state index is 0.427. The molecule has 1 aliphatic carbocycles. The topological polar surface area (TPSA) is 38.0 Å². The van der Waals surface area contributed by atoms with E-state index in [1.165, 1.54) is 12.0 Å². The Hall–Kier alpha value is -0.830. The van der Waals surface area contributed by atoms with Gasteiger partial charge in [0.25, 0.3) is 0 Å². The van der Waals surface area contributed by atoms with Crippen molar-refractivity contribution in [2.45, 2.75) is 65.0 Å². The third-order valence-corrected chi connectivity index (χ3v) is 4.39. The molecule has 1 aromatic heterocycles. The van der Waals surface area contributed by atoms with Crippen molar-refractivity contribution in [3.05, 3.63) is 18.0 Å². The summed E-state index contributed by atoms with van der Waals surface area (Å²) in [6, 6.07) is 0. The highest BCUT2D eigenvalue weighted by atomic mass is 16.3. The summed E-state index contributed by atoms with van der Waals surface area (Å²) >= 11 is 0. The summed E-state index contributed by atoms with van der Waals surface area (Å²) in [5.41, 5.74) is 0.653. The van der Waals surface area contributed by atoms with Gasteiger partial charge < -0.3 is 5.11 Å². The average molecular weight is 250 g/mol. The Labute approximate surface area is 110 Å².